The third-order valence-electron chi connectivity index (χ3n) is 8.84. The van der Waals surface area contributed by atoms with Gasteiger partial charge in [0.2, 0.25) is 0 Å². The van der Waals surface area contributed by atoms with Gasteiger partial charge in [-0.3, -0.25) is 0 Å². The Kier molecular flexibility index (Phi) is 5.11. The molecule has 3 aromatic heterocycles. The largest absolute Gasteiger partial charge is 0.308 e. The van der Waals surface area contributed by atoms with Crippen LogP contribution in [-0.2, 0) is 0 Å². The van der Waals surface area contributed by atoms with Crippen LogP contribution in [0.1, 0.15) is 11.1 Å². The van der Waals surface area contributed by atoms with Gasteiger partial charge in [-0.2, -0.15) is 0 Å². The number of fused-ring (bicyclic) bond motifs is 5. The van der Waals surface area contributed by atoms with Crippen LogP contribution in [0.4, 0.5) is 17.1 Å². The molecule has 2 nitrogen and oxygen atoms in total. The Balaban J connectivity index is 1.54. The van der Waals surface area contributed by atoms with E-state index in [4.69, 9.17) is 0 Å². The predicted octanol–water partition coefficient (Wildman–Crippen LogP) is 12.0. The molecule has 0 unspecified atom stereocenters. The smallest absolute Gasteiger partial charge is 0.0797 e. The molecule has 0 radical (unpaired) electrons. The number of aromatic nitrogens is 1. The molecule has 3 heterocycles. The van der Waals surface area contributed by atoms with Crippen molar-refractivity contribution in [1.82, 2.24) is 4.40 Å². The predicted molar refractivity (Wildman–Crippen MR) is 189 cm³/mol. The van der Waals surface area contributed by atoms with Gasteiger partial charge in [0.1, 0.15) is 0 Å². The van der Waals surface area contributed by atoms with E-state index < -0.39 is 0 Å². The second kappa shape index (κ2) is 9.06. The molecular formula is C40H26N2S. The van der Waals surface area contributed by atoms with Gasteiger partial charge in [0.05, 0.1) is 22.2 Å². The van der Waals surface area contributed by atoms with Gasteiger partial charge in [0, 0.05) is 47.7 Å². The van der Waals surface area contributed by atoms with Crippen molar-refractivity contribution in [2.75, 3.05) is 4.90 Å². The standard InChI is InChI=1S/C40H26N2S/c1-3-25-15-19-27(20-16-25)41(28-21-17-26(4-2)18-22-28)34-23-24-36-38-37-30(10-8-14-35(37)43-36)32-12-7-11-31-29-9-5-6-13-33(29)42(39(31)32)40(34)38/h3-24H,1-2H2. The third kappa shape index (κ3) is 3.34. The Morgan fingerprint density at radius 1 is 0.512 bits per heavy atom. The Bertz CT molecular complexity index is 2480. The summed E-state index contributed by atoms with van der Waals surface area (Å²) in [6.45, 7) is 7.97. The zero-order chi connectivity index (χ0) is 28.7. The molecule has 0 aliphatic carbocycles. The molecule has 0 saturated heterocycles. The summed E-state index contributed by atoms with van der Waals surface area (Å²) in [5, 5.41) is 7.76. The van der Waals surface area contributed by atoms with E-state index in [-0.39, 0.29) is 0 Å². The van der Waals surface area contributed by atoms with Crippen LogP contribution in [0, 0.1) is 0 Å². The minimum atomic E-state index is 1.09. The number of hydrogen-bond donors (Lipinski definition) is 0. The Morgan fingerprint density at radius 2 is 1.09 bits per heavy atom. The number of anilines is 3. The first-order valence-corrected chi connectivity index (χ1v) is 15.3. The van der Waals surface area contributed by atoms with Gasteiger partial charge in [-0.25, -0.2) is 0 Å². The van der Waals surface area contributed by atoms with E-state index in [1.807, 2.05) is 23.5 Å². The van der Waals surface area contributed by atoms with Gasteiger partial charge >= 0.3 is 0 Å². The minimum Gasteiger partial charge on any atom is -0.308 e. The van der Waals surface area contributed by atoms with Crippen molar-refractivity contribution < 1.29 is 0 Å². The Hall–Kier alpha value is -5.38. The summed E-state index contributed by atoms with van der Waals surface area (Å²) in [6, 6.07) is 44.3. The highest BCUT2D eigenvalue weighted by Gasteiger charge is 2.24. The van der Waals surface area contributed by atoms with Gasteiger partial charge in [-0.05, 0) is 65.0 Å². The number of para-hydroxylation sites is 2. The average Bonchev–Trinajstić information content (AvgIpc) is 3.57. The van der Waals surface area contributed by atoms with Crippen molar-refractivity contribution in [3.05, 3.63) is 146 Å². The maximum atomic E-state index is 3.98. The fraction of sp³-hybridized carbons (Fsp3) is 0. The summed E-state index contributed by atoms with van der Waals surface area (Å²) in [6.07, 6.45) is 3.79. The molecule has 0 fully saturated rings. The highest BCUT2D eigenvalue weighted by atomic mass is 32.1. The summed E-state index contributed by atoms with van der Waals surface area (Å²) >= 11 is 1.88. The summed E-state index contributed by atoms with van der Waals surface area (Å²) in [4.78, 5) is 2.40. The minimum absolute atomic E-state index is 1.09. The zero-order valence-corrected chi connectivity index (χ0v) is 24.2. The lowest BCUT2D eigenvalue weighted by Gasteiger charge is -2.27. The number of benzene rings is 6. The van der Waals surface area contributed by atoms with Crippen LogP contribution < -0.4 is 4.90 Å². The van der Waals surface area contributed by atoms with Gasteiger partial charge in [0.15, 0.2) is 0 Å². The molecule has 0 amide bonds. The van der Waals surface area contributed by atoms with Crippen LogP contribution in [0.5, 0.6) is 0 Å². The molecule has 3 heteroatoms. The number of thiophene rings is 1. The van der Waals surface area contributed by atoms with Crippen molar-refractivity contribution in [1.29, 1.82) is 0 Å². The average molecular weight is 567 g/mol. The van der Waals surface area contributed by atoms with E-state index >= 15 is 0 Å². The molecule has 202 valence electrons. The van der Waals surface area contributed by atoms with E-state index in [9.17, 15) is 0 Å². The molecule has 0 aliphatic rings. The first-order valence-electron chi connectivity index (χ1n) is 14.5. The van der Waals surface area contributed by atoms with E-state index in [1.165, 1.54) is 58.3 Å². The van der Waals surface area contributed by atoms with Crippen molar-refractivity contribution in [2.45, 2.75) is 0 Å². The van der Waals surface area contributed by atoms with Crippen molar-refractivity contribution in [3.8, 4) is 0 Å². The maximum absolute atomic E-state index is 3.98. The van der Waals surface area contributed by atoms with Crippen LogP contribution in [0.15, 0.2) is 134 Å². The van der Waals surface area contributed by atoms with E-state index in [0.717, 1.165) is 28.2 Å². The molecule has 0 atom stereocenters. The normalized spacial score (nSPS) is 11.9. The molecule has 6 aromatic carbocycles. The van der Waals surface area contributed by atoms with Crippen LogP contribution >= 0.6 is 11.3 Å². The molecule has 0 spiro atoms. The fourth-order valence-corrected chi connectivity index (χ4v) is 8.06. The van der Waals surface area contributed by atoms with Gasteiger partial charge in [-0.1, -0.05) is 98.1 Å². The van der Waals surface area contributed by atoms with E-state index in [2.05, 4.69) is 144 Å². The number of rotatable bonds is 5. The molecule has 43 heavy (non-hydrogen) atoms. The number of hydrogen-bond acceptors (Lipinski definition) is 2. The lowest BCUT2D eigenvalue weighted by molar-refractivity contribution is 1.27. The first kappa shape index (κ1) is 24.2. The SMILES string of the molecule is C=Cc1ccc(N(c2ccc(C=C)cc2)c2ccc3sc4cccc5c6cccc7c8ccccc8n(c2c3c45)c67)cc1. The second-order valence-corrected chi connectivity index (χ2v) is 12.2. The summed E-state index contributed by atoms with van der Waals surface area (Å²) in [5.41, 5.74) is 9.21. The number of nitrogens with zero attached hydrogens (tertiary/aromatic N) is 2. The van der Waals surface area contributed by atoms with Crippen molar-refractivity contribution in [3.63, 3.8) is 0 Å². The molecule has 0 aliphatic heterocycles. The summed E-state index contributed by atoms with van der Waals surface area (Å²) in [5.74, 6) is 0. The van der Waals surface area contributed by atoms with Crippen LogP contribution in [0.25, 0.3) is 70.4 Å². The lowest BCUT2D eigenvalue weighted by Crippen LogP contribution is -2.11. The zero-order valence-electron chi connectivity index (χ0n) is 23.4. The Morgan fingerprint density at radius 3 is 1.79 bits per heavy atom. The van der Waals surface area contributed by atoms with Gasteiger partial charge in [0.25, 0.3) is 0 Å². The van der Waals surface area contributed by atoms with Crippen LogP contribution in [0.2, 0.25) is 0 Å². The first-order chi connectivity index (χ1) is 21.2. The molecule has 9 aromatic rings. The molecular weight excluding hydrogens is 541 g/mol. The van der Waals surface area contributed by atoms with E-state index in [1.54, 1.807) is 0 Å². The summed E-state index contributed by atoms with van der Waals surface area (Å²) < 4.78 is 5.15. The third-order valence-corrected chi connectivity index (χ3v) is 9.96. The molecule has 9 rings (SSSR count). The molecule has 0 bridgehead atoms. The van der Waals surface area contributed by atoms with Crippen LogP contribution in [0.3, 0.4) is 0 Å². The summed E-state index contributed by atoms with van der Waals surface area (Å²) in [7, 11) is 0. The van der Waals surface area contributed by atoms with Crippen molar-refractivity contribution >= 4 is 98.8 Å². The quantitative estimate of drug-likeness (QED) is 0.201. The topological polar surface area (TPSA) is 7.65 Å². The van der Waals surface area contributed by atoms with Crippen LogP contribution in [-0.4, -0.2) is 4.40 Å². The highest BCUT2D eigenvalue weighted by Crippen LogP contribution is 2.49. The monoisotopic (exact) mass is 566 g/mol. The maximum Gasteiger partial charge on any atom is 0.0797 e. The second-order valence-electron chi connectivity index (χ2n) is 11.1. The van der Waals surface area contributed by atoms with E-state index in [0.29, 0.717) is 0 Å². The Labute approximate surface area is 253 Å². The molecule has 0 N–H and O–H groups in total. The fourth-order valence-electron chi connectivity index (χ4n) is 6.93. The van der Waals surface area contributed by atoms with Gasteiger partial charge in [-0.15, -0.1) is 11.3 Å². The molecule has 0 saturated carbocycles. The highest BCUT2D eigenvalue weighted by molar-refractivity contribution is 7.26. The lowest BCUT2D eigenvalue weighted by atomic mass is 10.0. The van der Waals surface area contributed by atoms with Crippen molar-refractivity contribution in [2.24, 2.45) is 0 Å². The van der Waals surface area contributed by atoms with Gasteiger partial charge < -0.3 is 9.30 Å².